The van der Waals surface area contributed by atoms with Crippen molar-refractivity contribution >= 4 is 18.4 Å². The summed E-state index contributed by atoms with van der Waals surface area (Å²) < 4.78 is 0. The third kappa shape index (κ3) is 9.11. The van der Waals surface area contributed by atoms with Gasteiger partial charge in [-0.1, -0.05) is 19.1 Å². The summed E-state index contributed by atoms with van der Waals surface area (Å²) in [5, 5.41) is 2.44. The summed E-state index contributed by atoms with van der Waals surface area (Å²) in [5.74, 6) is 0. The predicted octanol–water partition coefficient (Wildman–Crippen LogP) is 1.54. The summed E-state index contributed by atoms with van der Waals surface area (Å²) >= 11 is 0. The third-order valence-corrected chi connectivity index (χ3v) is 2.11. The Morgan fingerprint density at radius 1 is 1.24 bits per heavy atom. The number of nitrogens with one attached hydrogen (secondary N) is 1. The molecule has 17 heavy (non-hydrogen) atoms. The fourth-order valence-corrected chi connectivity index (χ4v) is 1.10. The van der Waals surface area contributed by atoms with Crippen molar-refractivity contribution in [3.8, 4) is 0 Å². The van der Waals surface area contributed by atoms with Gasteiger partial charge < -0.3 is 15.8 Å². The molecule has 94 valence electrons. The largest absolute Gasteiger partial charge is 0.399 e. The lowest BCUT2D eigenvalue weighted by Gasteiger charge is -1.94. The van der Waals surface area contributed by atoms with Crippen molar-refractivity contribution < 1.29 is 9.59 Å². The molecule has 1 aromatic rings. The highest BCUT2D eigenvalue weighted by Gasteiger charge is 1.85. The highest BCUT2D eigenvalue weighted by molar-refractivity contribution is 5.49. The molecule has 0 atom stereocenters. The number of nitrogen functional groups attached to an aromatic ring is 1. The maximum Gasteiger partial charge on any atom is 0.207 e. The molecule has 1 rings (SSSR count). The molecule has 0 aromatic heterocycles. The Bertz CT molecular complexity index is 300. The van der Waals surface area contributed by atoms with Crippen molar-refractivity contribution in [2.75, 3.05) is 12.3 Å². The number of rotatable bonds is 6. The molecule has 0 fully saturated rings. The topological polar surface area (TPSA) is 72.2 Å². The van der Waals surface area contributed by atoms with E-state index in [0.717, 1.165) is 24.8 Å². The molecule has 0 unspecified atom stereocenters. The lowest BCUT2D eigenvalue weighted by atomic mass is 10.2. The lowest BCUT2D eigenvalue weighted by molar-refractivity contribution is -0.110. The summed E-state index contributed by atoms with van der Waals surface area (Å²) in [5.41, 5.74) is 7.66. The average molecular weight is 236 g/mol. The standard InChI is InChI=1S/C8H11N.C5H9NO2/c1-2-7-3-5-8(9)6-4-7;7-4-2-1-3-6-5-8/h3-6H,2,9H2,1H3;4-5H,1-3H2,(H,6,8). The Kier molecular flexibility index (Phi) is 9.52. The minimum absolute atomic E-state index is 0.529. The Balaban J connectivity index is 0.000000304. The molecule has 1 aromatic carbocycles. The first-order valence-electron chi connectivity index (χ1n) is 5.69. The number of carbonyl (C=O) groups is 2. The van der Waals surface area contributed by atoms with Crippen LogP contribution in [-0.4, -0.2) is 19.2 Å². The van der Waals surface area contributed by atoms with Crippen molar-refractivity contribution in [3.63, 3.8) is 0 Å². The third-order valence-electron chi connectivity index (χ3n) is 2.11. The Morgan fingerprint density at radius 3 is 2.35 bits per heavy atom. The van der Waals surface area contributed by atoms with E-state index in [4.69, 9.17) is 5.73 Å². The lowest BCUT2D eigenvalue weighted by Crippen LogP contribution is -2.11. The fourth-order valence-electron chi connectivity index (χ4n) is 1.10. The number of nitrogens with two attached hydrogens (primary N) is 1. The van der Waals surface area contributed by atoms with Crippen molar-refractivity contribution in [3.05, 3.63) is 29.8 Å². The molecule has 0 radical (unpaired) electrons. The van der Waals surface area contributed by atoms with Crippen LogP contribution in [0.3, 0.4) is 0 Å². The van der Waals surface area contributed by atoms with Gasteiger partial charge in [0.25, 0.3) is 0 Å². The van der Waals surface area contributed by atoms with Gasteiger partial charge in [0.1, 0.15) is 6.29 Å². The van der Waals surface area contributed by atoms with Crippen LogP contribution in [-0.2, 0) is 16.0 Å². The number of hydrogen-bond acceptors (Lipinski definition) is 3. The molecule has 0 saturated carbocycles. The first kappa shape index (κ1) is 15.2. The van der Waals surface area contributed by atoms with E-state index in [-0.39, 0.29) is 0 Å². The number of aldehydes is 1. The van der Waals surface area contributed by atoms with Gasteiger partial charge >= 0.3 is 0 Å². The van der Waals surface area contributed by atoms with Gasteiger partial charge in [0, 0.05) is 18.7 Å². The van der Waals surface area contributed by atoms with Crippen LogP contribution < -0.4 is 11.1 Å². The minimum atomic E-state index is 0.529. The average Bonchev–Trinajstić information content (AvgIpc) is 2.37. The molecule has 0 aliphatic carbocycles. The SMILES string of the molecule is CCc1ccc(N)cc1.O=CCCCNC=O. The molecule has 0 bridgehead atoms. The molecule has 3 N–H and O–H groups in total. The zero-order valence-electron chi connectivity index (χ0n) is 10.2. The molecule has 0 heterocycles. The quantitative estimate of drug-likeness (QED) is 0.447. The van der Waals surface area contributed by atoms with Crippen molar-refractivity contribution in [1.29, 1.82) is 0 Å². The van der Waals surface area contributed by atoms with Gasteiger partial charge in [-0.3, -0.25) is 4.79 Å². The maximum absolute atomic E-state index is 9.65. The van der Waals surface area contributed by atoms with E-state index in [1.165, 1.54) is 5.56 Å². The molecular formula is C13H20N2O2. The van der Waals surface area contributed by atoms with Crippen LogP contribution in [0, 0.1) is 0 Å². The van der Waals surface area contributed by atoms with Crippen molar-refractivity contribution in [1.82, 2.24) is 5.32 Å². The van der Waals surface area contributed by atoms with E-state index in [9.17, 15) is 9.59 Å². The summed E-state index contributed by atoms with van der Waals surface area (Å²) in [6.45, 7) is 2.73. The van der Waals surface area contributed by atoms with E-state index in [2.05, 4.69) is 24.4 Å². The minimum Gasteiger partial charge on any atom is -0.399 e. The maximum atomic E-state index is 9.65. The first-order valence-corrected chi connectivity index (χ1v) is 5.69. The molecule has 0 aliphatic heterocycles. The second kappa shape index (κ2) is 10.7. The smallest absolute Gasteiger partial charge is 0.207 e. The predicted molar refractivity (Wildman–Crippen MR) is 69.6 cm³/mol. The van der Waals surface area contributed by atoms with Gasteiger partial charge in [0.15, 0.2) is 0 Å². The van der Waals surface area contributed by atoms with Gasteiger partial charge in [-0.05, 0) is 30.5 Å². The van der Waals surface area contributed by atoms with Gasteiger partial charge in [0.05, 0.1) is 0 Å². The van der Waals surface area contributed by atoms with Crippen LogP contribution in [0.4, 0.5) is 5.69 Å². The number of amides is 1. The molecular weight excluding hydrogens is 216 g/mol. The number of unbranched alkanes of at least 4 members (excludes halogenated alkanes) is 1. The second-order valence-electron chi connectivity index (χ2n) is 3.48. The van der Waals surface area contributed by atoms with E-state index in [0.29, 0.717) is 19.4 Å². The number of benzene rings is 1. The van der Waals surface area contributed by atoms with Gasteiger partial charge in [0.2, 0.25) is 6.41 Å². The number of aryl methyl sites for hydroxylation is 1. The highest BCUT2D eigenvalue weighted by atomic mass is 16.1. The summed E-state index contributed by atoms with van der Waals surface area (Å²) in [6, 6.07) is 7.96. The zero-order chi connectivity index (χ0) is 12.9. The first-order chi connectivity index (χ1) is 8.24. The van der Waals surface area contributed by atoms with E-state index >= 15 is 0 Å². The van der Waals surface area contributed by atoms with Gasteiger partial charge in [-0.25, -0.2) is 0 Å². The molecule has 0 spiro atoms. The van der Waals surface area contributed by atoms with Crippen LogP contribution in [0.1, 0.15) is 25.3 Å². The highest BCUT2D eigenvalue weighted by Crippen LogP contribution is 2.04. The fraction of sp³-hybridized carbons (Fsp3) is 0.385. The van der Waals surface area contributed by atoms with E-state index < -0.39 is 0 Å². The van der Waals surface area contributed by atoms with Crippen LogP contribution in [0.2, 0.25) is 0 Å². The van der Waals surface area contributed by atoms with Gasteiger partial charge in [-0.2, -0.15) is 0 Å². The Hall–Kier alpha value is -1.84. The van der Waals surface area contributed by atoms with Crippen LogP contribution >= 0.6 is 0 Å². The molecule has 4 heteroatoms. The van der Waals surface area contributed by atoms with E-state index in [1.807, 2.05) is 12.1 Å². The second-order valence-corrected chi connectivity index (χ2v) is 3.48. The monoisotopic (exact) mass is 236 g/mol. The zero-order valence-corrected chi connectivity index (χ0v) is 10.2. The van der Waals surface area contributed by atoms with E-state index in [1.54, 1.807) is 0 Å². The summed E-state index contributed by atoms with van der Waals surface area (Å²) in [7, 11) is 0. The summed E-state index contributed by atoms with van der Waals surface area (Å²) in [4.78, 5) is 19.2. The molecule has 0 saturated heterocycles. The van der Waals surface area contributed by atoms with Crippen LogP contribution in [0.15, 0.2) is 24.3 Å². The van der Waals surface area contributed by atoms with Crippen molar-refractivity contribution in [2.24, 2.45) is 0 Å². The number of carbonyl (C=O) groups excluding carboxylic acids is 2. The normalized spacial score (nSPS) is 8.76. The molecule has 1 amide bonds. The number of hydrogen-bond donors (Lipinski definition) is 2. The van der Waals surface area contributed by atoms with Gasteiger partial charge in [-0.15, -0.1) is 0 Å². The Morgan fingerprint density at radius 2 is 1.88 bits per heavy atom. The Labute approximate surface area is 102 Å². The van der Waals surface area contributed by atoms with Crippen LogP contribution in [0.25, 0.3) is 0 Å². The van der Waals surface area contributed by atoms with Crippen molar-refractivity contribution in [2.45, 2.75) is 26.2 Å². The summed E-state index contributed by atoms with van der Waals surface area (Å²) in [6.07, 6.45) is 3.82. The molecule has 0 aliphatic rings. The van der Waals surface area contributed by atoms with Crippen LogP contribution in [0.5, 0.6) is 0 Å². The number of anilines is 1. The molecule has 4 nitrogen and oxygen atoms in total.